The van der Waals surface area contributed by atoms with E-state index in [1.807, 2.05) is 24.3 Å². The van der Waals surface area contributed by atoms with Crippen LogP contribution in [0, 0.1) is 11.3 Å². The zero-order chi connectivity index (χ0) is 16.8. The molecule has 0 aromatic carbocycles. The molecule has 2 amide bonds. The molecular weight excluding hydrogens is 324 g/mol. The van der Waals surface area contributed by atoms with Crippen LogP contribution in [0.4, 0.5) is 16.4 Å². The Morgan fingerprint density at radius 3 is 2.79 bits per heavy atom. The molecule has 3 aromatic heterocycles. The molecule has 3 heterocycles. The van der Waals surface area contributed by atoms with Gasteiger partial charge in [-0.15, -0.1) is 11.3 Å². The number of carbonyl (C=O) groups excluding carboxylic acids is 1. The minimum Gasteiger partial charge on any atom is -0.292 e. The number of urea groups is 1. The van der Waals surface area contributed by atoms with Gasteiger partial charge in [0, 0.05) is 11.6 Å². The van der Waals surface area contributed by atoms with Gasteiger partial charge in [-0.1, -0.05) is 12.1 Å². The van der Waals surface area contributed by atoms with Crippen LogP contribution >= 0.6 is 11.3 Å². The van der Waals surface area contributed by atoms with Crippen LogP contribution in [0.1, 0.15) is 5.69 Å². The van der Waals surface area contributed by atoms with Crippen LogP contribution in [-0.2, 0) is 6.42 Å². The molecular formula is C16H12N6OS. The van der Waals surface area contributed by atoms with Crippen LogP contribution in [0.3, 0.4) is 0 Å². The molecule has 0 radical (unpaired) electrons. The summed E-state index contributed by atoms with van der Waals surface area (Å²) in [7, 11) is 0. The van der Waals surface area contributed by atoms with E-state index in [1.54, 1.807) is 29.8 Å². The average molecular weight is 336 g/mol. The molecule has 24 heavy (non-hydrogen) atoms. The molecule has 0 aliphatic rings. The monoisotopic (exact) mass is 336 g/mol. The van der Waals surface area contributed by atoms with Crippen molar-refractivity contribution in [2.45, 2.75) is 6.42 Å². The summed E-state index contributed by atoms with van der Waals surface area (Å²) in [6.07, 6.45) is 1.88. The summed E-state index contributed by atoms with van der Waals surface area (Å²) in [5, 5.41) is 16.4. The fourth-order valence-electron chi connectivity index (χ4n) is 1.93. The van der Waals surface area contributed by atoms with Crippen molar-refractivity contribution < 1.29 is 4.79 Å². The predicted octanol–water partition coefficient (Wildman–Crippen LogP) is 3.31. The highest BCUT2D eigenvalue weighted by Crippen LogP contribution is 2.23. The van der Waals surface area contributed by atoms with E-state index in [0.29, 0.717) is 17.3 Å². The van der Waals surface area contributed by atoms with Crippen LogP contribution in [-0.4, -0.2) is 21.0 Å². The van der Waals surface area contributed by atoms with Gasteiger partial charge in [0.25, 0.3) is 0 Å². The lowest BCUT2D eigenvalue weighted by atomic mass is 10.3. The highest BCUT2D eigenvalue weighted by Gasteiger charge is 2.09. The van der Waals surface area contributed by atoms with Crippen molar-refractivity contribution >= 4 is 29.0 Å². The third-order valence-corrected chi connectivity index (χ3v) is 3.80. The van der Waals surface area contributed by atoms with E-state index in [-0.39, 0.29) is 6.42 Å². The molecule has 0 spiro atoms. The smallest absolute Gasteiger partial charge is 0.292 e. The first-order chi connectivity index (χ1) is 11.7. The number of rotatable bonds is 4. The quantitative estimate of drug-likeness (QED) is 0.760. The third kappa shape index (κ3) is 3.91. The Labute approximate surface area is 142 Å². The molecule has 2 N–H and O–H groups in total. The summed E-state index contributed by atoms with van der Waals surface area (Å²) in [6, 6.07) is 12.2. The average Bonchev–Trinajstić information content (AvgIpc) is 3.04. The van der Waals surface area contributed by atoms with Gasteiger partial charge in [-0.25, -0.2) is 14.8 Å². The van der Waals surface area contributed by atoms with E-state index in [4.69, 9.17) is 5.26 Å². The van der Waals surface area contributed by atoms with Crippen LogP contribution in [0.25, 0.3) is 10.7 Å². The largest absolute Gasteiger partial charge is 0.326 e. The summed E-state index contributed by atoms with van der Waals surface area (Å²) in [5.41, 5.74) is 1.35. The first kappa shape index (κ1) is 15.6. The van der Waals surface area contributed by atoms with Crippen molar-refractivity contribution in [2.24, 2.45) is 0 Å². The van der Waals surface area contributed by atoms with Gasteiger partial charge in [-0.2, -0.15) is 5.26 Å². The van der Waals surface area contributed by atoms with Gasteiger partial charge < -0.3 is 0 Å². The number of aromatic nitrogens is 3. The maximum Gasteiger partial charge on any atom is 0.326 e. The van der Waals surface area contributed by atoms with Crippen molar-refractivity contribution in [3.63, 3.8) is 0 Å². The lowest BCUT2D eigenvalue weighted by Crippen LogP contribution is -2.20. The van der Waals surface area contributed by atoms with E-state index >= 15 is 0 Å². The predicted molar refractivity (Wildman–Crippen MR) is 91.5 cm³/mol. The zero-order valence-electron chi connectivity index (χ0n) is 12.4. The second-order valence-electron chi connectivity index (χ2n) is 4.68. The number of anilines is 2. The number of carbonyl (C=O) groups is 1. The number of thiazole rings is 1. The van der Waals surface area contributed by atoms with E-state index in [1.165, 1.54) is 11.3 Å². The Bertz CT molecular complexity index is 887. The molecule has 0 saturated carbocycles. The van der Waals surface area contributed by atoms with E-state index in [0.717, 1.165) is 10.7 Å². The van der Waals surface area contributed by atoms with Crippen LogP contribution in [0.15, 0.2) is 48.0 Å². The van der Waals surface area contributed by atoms with Crippen LogP contribution < -0.4 is 10.6 Å². The minimum atomic E-state index is -0.450. The number of nitrogens with one attached hydrogen (secondary N) is 2. The summed E-state index contributed by atoms with van der Waals surface area (Å²) in [5.74, 6) is 0.812. The van der Waals surface area contributed by atoms with Crippen molar-refractivity contribution in [3.8, 4) is 16.8 Å². The first-order valence-corrected chi connectivity index (χ1v) is 7.90. The Morgan fingerprint density at radius 1 is 1.12 bits per heavy atom. The first-order valence-electron chi connectivity index (χ1n) is 7.02. The molecule has 0 unspecified atom stereocenters. The maximum atomic E-state index is 12.0. The highest BCUT2D eigenvalue weighted by atomic mass is 32.1. The van der Waals surface area contributed by atoms with Gasteiger partial charge in [0.1, 0.15) is 16.6 Å². The van der Waals surface area contributed by atoms with Gasteiger partial charge >= 0.3 is 6.03 Å². The van der Waals surface area contributed by atoms with Crippen molar-refractivity contribution in [1.29, 1.82) is 5.26 Å². The SMILES string of the molecule is N#CCc1cccc(NC(=O)Nc2csc(-c3ccccn3)n2)n1. The third-order valence-electron chi connectivity index (χ3n) is 2.94. The molecule has 0 atom stereocenters. The number of hydrogen-bond donors (Lipinski definition) is 2. The molecule has 3 aromatic rings. The molecule has 0 aliphatic carbocycles. The van der Waals surface area contributed by atoms with E-state index in [2.05, 4.69) is 25.6 Å². The minimum absolute atomic E-state index is 0.191. The lowest BCUT2D eigenvalue weighted by Gasteiger charge is -2.05. The van der Waals surface area contributed by atoms with Gasteiger partial charge in [0.2, 0.25) is 0 Å². The van der Waals surface area contributed by atoms with Crippen molar-refractivity contribution in [3.05, 3.63) is 53.7 Å². The van der Waals surface area contributed by atoms with Gasteiger partial charge in [0.15, 0.2) is 0 Å². The fourth-order valence-corrected chi connectivity index (χ4v) is 2.66. The summed E-state index contributed by atoms with van der Waals surface area (Å²) in [6.45, 7) is 0. The molecule has 8 heteroatoms. The summed E-state index contributed by atoms with van der Waals surface area (Å²) < 4.78 is 0. The zero-order valence-corrected chi connectivity index (χ0v) is 13.2. The Balaban J connectivity index is 1.64. The van der Waals surface area contributed by atoms with Crippen LogP contribution in [0.2, 0.25) is 0 Å². The van der Waals surface area contributed by atoms with E-state index in [9.17, 15) is 4.79 Å². The number of amides is 2. The molecule has 0 bridgehead atoms. The molecule has 0 saturated heterocycles. The van der Waals surface area contributed by atoms with E-state index < -0.39 is 6.03 Å². The molecule has 118 valence electrons. The van der Waals surface area contributed by atoms with Gasteiger partial charge in [-0.05, 0) is 24.3 Å². The number of nitrogens with zero attached hydrogens (tertiary/aromatic N) is 4. The lowest BCUT2D eigenvalue weighted by molar-refractivity contribution is 0.262. The maximum absolute atomic E-state index is 12.0. The Kier molecular flexibility index (Phi) is 4.74. The van der Waals surface area contributed by atoms with Gasteiger partial charge in [0.05, 0.1) is 23.9 Å². The molecule has 7 nitrogen and oxygen atoms in total. The second-order valence-corrected chi connectivity index (χ2v) is 5.54. The van der Waals surface area contributed by atoms with Gasteiger partial charge in [-0.3, -0.25) is 15.6 Å². The highest BCUT2D eigenvalue weighted by molar-refractivity contribution is 7.13. The normalized spacial score (nSPS) is 9.96. The number of hydrogen-bond acceptors (Lipinski definition) is 6. The van der Waals surface area contributed by atoms with Crippen LogP contribution in [0.5, 0.6) is 0 Å². The Morgan fingerprint density at radius 2 is 2.00 bits per heavy atom. The molecule has 3 rings (SSSR count). The fraction of sp³-hybridized carbons (Fsp3) is 0.0625. The van der Waals surface area contributed by atoms with Crippen molar-refractivity contribution in [2.75, 3.05) is 10.6 Å². The molecule has 0 fully saturated rings. The van der Waals surface area contributed by atoms with Crippen molar-refractivity contribution in [1.82, 2.24) is 15.0 Å². The topological polar surface area (TPSA) is 104 Å². The number of nitriles is 1. The number of pyridine rings is 2. The molecule has 0 aliphatic heterocycles. The Hall–Kier alpha value is -3.31. The summed E-state index contributed by atoms with van der Waals surface area (Å²) in [4.78, 5) is 24.7. The summed E-state index contributed by atoms with van der Waals surface area (Å²) >= 11 is 1.39. The second kappa shape index (κ2) is 7.30. The standard InChI is InChI=1S/C16H12N6OS/c17-8-7-11-4-3-6-13(19-11)21-16(23)22-14-10-24-15(20-14)12-5-1-2-9-18-12/h1-6,9-10H,7H2,(H2,19,21,22,23).